The smallest absolute Gasteiger partial charge is 0.225 e. The summed E-state index contributed by atoms with van der Waals surface area (Å²) in [6.45, 7) is 9.49. The van der Waals surface area contributed by atoms with Crippen molar-refractivity contribution < 1.29 is 80.5 Å². The molecule has 8 fully saturated rings. The number of fused-ring (bicyclic) bond motifs is 14. The van der Waals surface area contributed by atoms with Gasteiger partial charge >= 0.3 is 0 Å². The number of furan rings is 1. The summed E-state index contributed by atoms with van der Waals surface area (Å²) in [5, 5.41) is 40.3. The molecule has 1 aromatic rings. The van der Waals surface area contributed by atoms with Crippen LogP contribution < -0.4 is 0 Å². The number of hydrogen-bond acceptors (Lipinski definition) is 15. The third-order valence-electron chi connectivity index (χ3n) is 19.3. The maximum atomic E-state index is 17.5. The Hall–Kier alpha value is -3.86. The minimum Gasteiger partial charge on any atom is -0.464 e. The standard InChI is InChI=1S/C29H30F2O7S.C27H32F2O6S.2CH4/c1-26-8-7-16(33)12-19(26)20(30)13-18-17-14-23-29(25(35)39-11-4-3-9-32,27(17,2)15-22(34)28(18,26)31)38-24(37-23)21-6-5-10-36-21;1-23(2)34-21-13-16-17-12-19(28)18-11-15(31)7-8-24(18,3)26(17,29)20(32)14-25(16,4)27(21,35-23)22(33)36-10-6-5-9-30;;/h5-8,10,12,17-18,20,22-24,32,34H,9,11,13-15H2,1-2H3;7-8,11,16-17,19-21,30,32H,9-10,12-14H2,1-4H3;2*1H4/t17-,18-,20-,22-,23+,24?,26-,27-,28-,29-;16-,17-,19-,20-,21+,24-,25-,26-,27-;;/m00../s1. The highest BCUT2D eigenvalue weighted by Gasteiger charge is 2.82. The fourth-order valence-electron chi connectivity index (χ4n) is 16.1. The number of rotatable bonds is 5. The molecule has 3 heterocycles. The summed E-state index contributed by atoms with van der Waals surface area (Å²) in [5.41, 5.74) is -12.6. The third-order valence-corrected chi connectivity index (χ3v) is 21.0. The molecular weight excluding hydrogens is 1040 g/mol. The average molecular weight is 1120 g/mol. The molecule has 1 unspecified atom stereocenters. The molecule has 0 spiro atoms. The summed E-state index contributed by atoms with van der Waals surface area (Å²) in [6, 6.07) is 3.35. The molecule has 2 aliphatic heterocycles. The molecule has 6 saturated carbocycles. The highest BCUT2D eigenvalue weighted by atomic mass is 32.2. The number of carbonyl (C=O) groups excluding carboxylic acids is 4. The predicted octanol–water partition coefficient (Wildman–Crippen LogP) is 7.95. The Balaban J connectivity index is 0.000000199. The fourth-order valence-corrected chi connectivity index (χ4v) is 18.0. The first-order valence-electron chi connectivity index (χ1n) is 25.4. The monoisotopic (exact) mass is 1110 g/mol. The molecule has 8 aliphatic carbocycles. The van der Waals surface area contributed by atoms with E-state index in [1.165, 1.54) is 30.6 Å². The molecule has 0 bridgehead atoms. The zero-order valence-corrected chi connectivity index (χ0v) is 44.0. The number of allylic oxidation sites excluding steroid dienone is 8. The summed E-state index contributed by atoms with van der Waals surface area (Å²) >= 11 is 1.86. The van der Waals surface area contributed by atoms with E-state index in [-0.39, 0.29) is 99.5 Å². The molecule has 10 aliphatic rings. The number of thioether (sulfide) groups is 2. The molecule has 13 nitrogen and oxygen atoms in total. The van der Waals surface area contributed by atoms with E-state index in [1.54, 1.807) is 46.8 Å². The molecular formula is C58H70F4O13S2. The number of hydrogen-bond donors (Lipinski definition) is 4. The van der Waals surface area contributed by atoms with E-state index >= 15 is 17.6 Å². The highest BCUT2D eigenvalue weighted by molar-refractivity contribution is 8.14. The molecule has 4 N–H and O–H groups in total. The molecule has 19 atom stereocenters. The molecule has 420 valence electrons. The Morgan fingerprint density at radius 1 is 0.675 bits per heavy atom. The Morgan fingerprint density at radius 2 is 1.14 bits per heavy atom. The molecule has 0 amide bonds. The van der Waals surface area contributed by atoms with Crippen LogP contribution in [0.3, 0.4) is 0 Å². The van der Waals surface area contributed by atoms with E-state index in [0.717, 1.165) is 35.7 Å². The summed E-state index contributed by atoms with van der Waals surface area (Å²) in [5.74, 6) is 6.23. The van der Waals surface area contributed by atoms with Gasteiger partial charge in [0.15, 0.2) is 45.7 Å². The quantitative estimate of drug-likeness (QED) is 0.164. The molecule has 0 radical (unpaired) electrons. The van der Waals surface area contributed by atoms with Gasteiger partial charge in [-0.3, -0.25) is 19.2 Å². The second kappa shape index (κ2) is 20.3. The van der Waals surface area contributed by atoms with Crippen LogP contribution in [0.2, 0.25) is 0 Å². The van der Waals surface area contributed by atoms with Crippen molar-refractivity contribution in [1.29, 1.82) is 0 Å². The predicted molar refractivity (Wildman–Crippen MR) is 279 cm³/mol. The van der Waals surface area contributed by atoms with E-state index in [4.69, 9.17) is 33.6 Å². The van der Waals surface area contributed by atoms with Gasteiger partial charge in [-0.25, -0.2) is 17.6 Å². The van der Waals surface area contributed by atoms with Crippen LogP contribution in [0.25, 0.3) is 0 Å². The lowest BCUT2D eigenvalue weighted by Gasteiger charge is -2.63. The first kappa shape index (κ1) is 59.3. The van der Waals surface area contributed by atoms with Crippen LogP contribution in [-0.4, -0.2) is 132 Å². The molecule has 19 heteroatoms. The van der Waals surface area contributed by atoms with Crippen molar-refractivity contribution >= 4 is 45.3 Å². The summed E-state index contributed by atoms with van der Waals surface area (Å²) in [4.78, 5) is 51.9. The SMILES string of the molecule is C.C.CC1(C)O[C@@H]2C[C@H]3[C@@H]4C[C@H](F)C5=CC(=O)C=C[C@]5(C)[C@@]4(F)[C@@H](O)C[C@]3(C)[C@]2(C(=O)SCC#CCO)O1.C[C@]12C=CC(=O)C=C1[C@@H](F)C[C@H]1[C@@H]3C[C@H]4OC(c5ccco5)O[C@@]4(C(=O)SCC#CCO)[C@@]3(C)C[C@H](O)[C@@]12F. The van der Waals surface area contributed by atoms with Crippen molar-refractivity contribution in [3.8, 4) is 23.7 Å². The molecule has 0 aromatic carbocycles. The lowest BCUT2D eigenvalue weighted by Crippen LogP contribution is -2.70. The normalized spacial score (nSPS) is 45.8. The number of aliphatic hydroxyl groups excluding tert-OH is 4. The van der Waals surface area contributed by atoms with Gasteiger partial charge in [-0.1, -0.05) is 88.1 Å². The van der Waals surface area contributed by atoms with E-state index < -0.39 is 128 Å². The van der Waals surface area contributed by atoms with E-state index in [9.17, 15) is 29.4 Å². The van der Waals surface area contributed by atoms with Crippen molar-refractivity contribution in [1.82, 2.24) is 0 Å². The van der Waals surface area contributed by atoms with Gasteiger partial charge in [0, 0.05) is 33.5 Å². The Morgan fingerprint density at radius 3 is 1.61 bits per heavy atom. The van der Waals surface area contributed by atoms with E-state index in [2.05, 4.69) is 23.7 Å². The van der Waals surface area contributed by atoms with Crippen LogP contribution >= 0.6 is 23.5 Å². The zero-order valence-electron chi connectivity index (χ0n) is 42.4. The topological polar surface area (TPSA) is 199 Å². The minimum absolute atomic E-state index is 0. The first-order chi connectivity index (χ1) is 35.3. The van der Waals surface area contributed by atoms with Crippen LogP contribution in [0.5, 0.6) is 0 Å². The molecule has 1 aromatic heterocycles. The second-order valence-electron chi connectivity index (χ2n) is 23.0. The third kappa shape index (κ3) is 8.11. The number of aliphatic hydroxyl groups is 4. The van der Waals surface area contributed by atoms with Crippen molar-refractivity contribution in [3.05, 3.63) is 71.8 Å². The van der Waals surface area contributed by atoms with Crippen molar-refractivity contribution in [2.45, 2.75) is 166 Å². The van der Waals surface area contributed by atoms with Gasteiger partial charge in [-0.2, -0.15) is 0 Å². The maximum Gasteiger partial charge on any atom is 0.225 e. The van der Waals surface area contributed by atoms with Crippen molar-refractivity contribution in [3.63, 3.8) is 0 Å². The summed E-state index contributed by atoms with van der Waals surface area (Å²) in [7, 11) is 0. The van der Waals surface area contributed by atoms with Gasteiger partial charge in [0.05, 0.1) is 42.2 Å². The van der Waals surface area contributed by atoms with Crippen molar-refractivity contribution in [2.24, 2.45) is 45.3 Å². The largest absolute Gasteiger partial charge is 0.464 e. The van der Waals surface area contributed by atoms with Gasteiger partial charge in [-0.15, -0.1) is 0 Å². The summed E-state index contributed by atoms with van der Waals surface area (Å²) in [6.07, 6.45) is 0.177. The van der Waals surface area contributed by atoms with Crippen LogP contribution in [0.4, 0.5) is 17.6 Å². The Kier molecular flexibility index (Phi) is 15.6. The van der Waals surface area contributed by atoms with Crippen LogP contribution in [0, 0.1) is 69.0 Å². The lowest BCUT2D eigenvalue weighted by atomic mass is 9.44. The van der Waals surface area contributed by atoms with E-state index in [0.29, 0.717) is 5.76 Å². The second-order valence-corrected chi connectivity index (χ2v) is 24.9. The number of ketones is 2. The van der Waals surface area contributed by atoms with Gasteiger partial charge < -0.3 is 43.8 Å². The van der Waals surface area contributed by atoms with E-state index in [1.807, 2.05) is 6.92 Å². The van der Waals surface area contributed by atoms with Crippen LogP contribution in [-0.2, 0) is 38.1 Å². The van der Waals surface area contributed by atoms with Gasteiger partial charge in [-0.05, 0) is 126 Å². The van der Waals surface area contributed by atoms with Gasteiger partial charge in [0.1, 0.15) is 25.6 Å². The number of halogens is 4. The fraction of sp³-hybridized carbons (Fsp3) is 0.655. The van der Waals surface area contributed by atoms with Gasteiger partial charge in [0.25, 0.3) is 0 Å². The Bertz CT molecular complexity index is 2820. The number of carbonyl (C=O) groups is 4. The lowest BCUT2D eigenvalue weighted by molar-refractivity contribution is -0.246. The molecule has 77 heavy (non-hydrogen) atoms. The molecule has 11 rings (SSSR count). The first-order valence-corrected chi connectivity index (χ1v) is 27.4. The summed E-state index contributed by atoms with van der Waals surface area (Å²) < 4.78 is 97.0. The number of alkyl halides is 4. The Labute approximate surface area is 455 Å². The van der Waals surface area contributed by atoms with Crippen LogP contribution in [0.15, 0.2) is 70.4 Å². The number of ether oxygens (including phenoxy) is 4. The van der Waals surface area contributed by atoms with Crippen LogP contribution in [0.1, 0.15) is 107 Å². The van der Waals surface area contributed by atoms with Gasteiger partial charge in [0.2, 0.25) is 16.5 Å². The molecule has 2 saturated heterocycles. The maximum absolute atomic E-state index is 17.5. The average Bonchev–Trinajstić information content (AvgIpc) is 4.26. The zero-order chi connectivity index (χ0) is 54.1. The van der Waals surface area contributed by atoms with Crippen molar-refractivity contribution in [2.75, 3.05) is 24.7 Å². The minimum atomic E-state index is -2.27. The highest BCUT2D eigenvalue weighted by Crippen LogP contribution is 2.75.